The van der Waals surface area contributed by atoms with E-state index in [0.29, 0.717) is 5.95 Å². The van der Waals surface area contributed by atoms with Crippen molar-refractivity contribution in [2.24, 2.45) is 0 Å². The lowest BCUT2D eigenvalue weighted by molar-refractivity contribution is 0.542. The molecule has 1 rings (SSSR count). The molecule has 0 amide bonds. The fourth-order valence-corrected chi connectivity index (χ4v) is 0.900. The Morgan fingerprint density at radius 1 is 1.46 bits per heavy atom. The third kappa shape index (κ3) is 3.01. The van der Waals surface area contributed by atoms with Crippen LogP contribution in [0.3, 0.4) is 0 Å². The molecular formula is C10H17N3. The predicted molar refractivity (Wildman–Crippen MR) is 54.8 cm³/mol. The number of nitrogens with one attached hydrogen (secondary N) is 1. The zero-order valence-electron chi connectivity index (χ0n) is 8.76. The first-order valence-electron chi connectivity index (χ1n) is 4.61. The second-order valence-electron chi connectivity index (χ2n) is 3.88. The van der Waals surface area contributed by atoms with Gasteiger partial charge in [0.15, 0.2) is 0 Å². The van der Waals surface area contributed by atoms with Gasteiger partial charge >= 0.3 is 0 Å². The summed E-state index contributed by atoms with van der Waals surface area (Å²) in [6.45, 7) is 8.38. The van der Waals surface area contributed by atoms with Crippen LogP contribution in [0.25, 0.3) is 0 Å². The van der Waals surface area contributed by atoms with Crippen LogP contribution in [0.1, 0.15) is 32.9 Å². The number of aryl methyl sites for hydroxylation is 1. The molecule has 3 nitrogen and oxygen atoms in total. The number of nitrogens with zero attached hydrogens (tertiary/aromatic N) is 2. The summed E-state index contributed by atoms with van der Waals surface area (Å²) in [7, 11) is 0. The molecule has 72 valence electrons. The molecule has 1 aromatic rings. The van der Waals surface area contributed by atoms with Gasteiger partial charge in [0.25, 0.3) is 0 Å². The first-order chi connectivity index (χ1) is 6.03. The van der Waals surface area contributed by atoms with Crippen LogP contribution in [0.2, 0.25) is 0 Å². The number of hydrogen-bond donors (Lipinski definition) is 1. The van der Waals surface area contributed by atoms with Crippen molar-refractivity contribution in [3.8, 4) is 0 Å². The molecule has 0 bridgehead atoms. The molecule has 0 saturated carbocycles. The van der Waals surface area contributed by atoms with Crippen molar-refractivity contribution in [2.45, 2.75) is 39.7 Å². The Morgan fingerprint density at radius 2 is 2.15 bits per heavy atom. The van der Waals surface area contributed by atoms with Gasteiger partial charge in [-0.2, -0.15) is 0 Å². The van der Waals surface area contributed by atoms with Crippen LogP contribution in [-0.2, 0) is 0 Å². The maximum atomic E-state index is 4.28. The van der Waals surface area contributed by atoms with Crippen LogP contribution >= 0.6 is 0 Å². The SMILES string of the molecule is CCC(C)(C)Nc1nccc(C)n1. The number of rotatable bonds is 3. The van der Waals surface area contributed by atoms with Gasteiger partial charge in [-0.3, -0.25) is 0 Å². The zero-order valence-corrected chi connectivity index (χ0v) is 8.76. The molecule has 0 aromatic carbocycles. The zero-order chi connectivity index (χ0) is 9.90. The van der Waals surface area contributed by atoms with Gasteiger partial charge in [0, 0.05) is 17.4 Å². The highest BCUT2D eigenvalue weighted by atomic mass is 15.1. The van der Waals surface area contributed by atoms with E-state index in [0.717, 1.165) is 12.1 Å². The van der Waals surface area contributed by atoms with E-state index in [2.05, 4.69) is 36.1 Å². The van der Waals surface area contributed by atoms with Gasteiger partial charge in [-0.05, 0) is 33.3 Å². The largest absolute Gasteiger partial charge is 0.349 e. The van der Waals surface area contributed by atoms with Gasteiger partial charge in [0.05, 0.1) is 0 Å². The third-order valence-electron chi connectivity index (χ3n) is 2.13. The predicted octanol–water partition coefficient (Wildman–Crippen LogP) is 2.39. The maximum absolute atomic E-state index is 4.28. The Hall–Kier alpha value is -1.12. The van der Waals surface area contributed by atoms with Gasteiger partial charge in [-0.25, -0.2) is 9.97 Å². The highest BCUT2D eigenvalue weighted by Crippen LogP contribution is 2.13. The smallest absolute Gasteiger partial charge is 0.223 e. The van der Waals surface area contributed by atoms with Gasteiger partial charge in [0.2, 0.25) is 5.95 Å². The molecule has 0 aliphatic carbocycles. The van der Waals surface area contributed by atoms with Gasteiger partial charge in [-0.15, -0.1) is 0 Å². The quantitative estimate of drug-likeness (QED) is 0.774. The van der Waals surface area contributed by atoms with Crippen molar-refractivity contribution in [1.29, 1.82) is 0 Å². The first kappa shape index (κ1) is 9.96. The fraction of sp³-hybridized carbons (Fsp3) is 0.600. The molecule has 13 heavy (non-hydrogen) atoms. The Labute approximate surface area is 79.6 Å². The van der Waals surface area contributed by atoms with E-state index < -0.39 is 0 Å². The number of anilines is 1. The van der Waals surface area contributed by atoms with Crippen LogP contribution in [0.5, 0.6) is 0 Å². The minimum absolute atomic E-state index is 0.0633. The lowest BCUT2D eigenvalue weighted by Crippen LogP contribution is -2.30. The van der Waals surface area contributed by atoms with Crippen molar-refractivity contribution >= 4 is 5.95 Å². The summed E-state index contributed by atoms with van der Waals surface area (Å²) in [6.07, 6.45) is 2.82. The van der Waals surface area contributed by atoms with Crippen LogP contribution in [0.15, 0.2) is 12.3 Å². The molecule has 1 aromatic heterocycles. The Bertz CT molecular complexity index is 281. The average Bonchev–Trinajstić information content (AvgIpc) is 2.03. The van der Waals surface area contributed by atoms with Crippen molar-refractivity contribution in [3.63, 3.8) is 0 Å². The molecule has 1 heterocycles. The summed E-state index contributed by atoms with van der Waals surface area (Å²) in [5, 5.41) is 3.29. The van der Waals surface area contributed by atoms with Crippen molar-refractivity contribution in [2.75, 3.05) is 5.32 Å². The Kier molecular flexibility index (Phi) is 2.86. The van der Waals surface area contributed by atoms with Crippen LogP contribution in [0, 0.1) is 6.92 Å². The van der Waals surface area contributed by atoms with Gasteiger partial charge < -0.3 is 5.32 Å². The minimum Gasteiger partial charge on any atom is -0.349 e. The summed E-state index contributed by atoms with van der Waals surface area (Å²) in [4.78, 5) is 8.43. The molecule has 0 spiro atoms. The Morgan fingerprint density at radius 3 is 2.69 bits per heavy atom. The minimum atomic E-state index is 0.0633. The lowest BCUT2D eigenvalue weighted by Gasteiger charge is -2.24. The molecule has 0 atom stereocenters. The summed E-state index contributed by atoms with van der Waals surface area (Å²) in [5.74, 6) is 0.715. The molecule has 1 N–H and O–H groups in total. The van der Waals surface area contributed by atoms with E-state index in [1.165, 1.54) is 0 Å². The van der Waals surface area contributed by atoms with Crippen LogP contribution in [-0.4, -0.2) is 15.5 Å². The lowest BCUT2D eigenvalue weighted by atomic mass is 10.0. The first-order valence-corrected chi connectivity index (χ1v) is 4.61. The molecule has 0 aliphatic heterocycles. The summed E-state index contributed by atoms with van der Waals surface area (Å²) < 4.78 is 0. The average molecular weight is 179 g/mol. The second-order valence-corrected chi connectivity index (χ2v) is 3.88. The molecule has 0 fully saturated rings. The Balaban J connectivity index is 2.74. The van der Waals surface area contributed by atoms with E-state index in [-0.39, 0.29) is 5.54 Å². The highest BCUT2D eigenvalue weighted by Gasteiger charge is 2.15. The van der Waals surface area contributed by atoms with Crippen molar-refractivity contribution < 1.29 is 0 Å². The normalized spacial score (nSPS) is 11.4. The van der Waals surface area contributed by atoms with E-state index in [9.17, 15) is 0 Å². The number of hydrogen-bond acceptors (Lipinski definition) is 3. The molecule has 0 radical (unpaired) electrons. The fourth-order valence-electron chi connectivity index (χ4n) is 0.900. The topological polar surface area (TPSA) is 37.8 Å². The second kappa shape index (κ2) is 3.73. The molecular weight excluding hydrogens is 162 g/mol. The summed E-state index contributed by atoms with van der Waals surface area (Å²) >= 11 is 0. The summed E-state index contributed by atoms with van der Waals surface area (Å²) in [5.41, 5.74) is 1.05. The van der Waals surface area contributed by atoms with E-state index in [4.69, 9.17) is 0 Å². The molecule has 0 unspecified atom stereocenters. The van der Waals surface area contributed by atoms with Gasteiger partial charge in [-0.1, -0.05) is 6.92 Å². The standard InChI is InChI=1S/C10H17N3/c1-5-10(3,4)13-9-11-7-6-8(2)12-9/h6-7H,5H2,1-4H3,(H,11,12,13). The highest BCUT2D eigenvalue weighted by molar-refractivity contribution is 5.28. The molecule has 0 saturated heterocycles. The van der Waals surface area contributed by atoms with Crippen LogP contribution < -0.4 is 5.32 Å². The van der Waals surface area contributed by atoms with Gasteiger partial charge in [0.1, 0.15) is 0 Å². The molecule has 3 heteroatoms. The number of aromatic nitrogens is 2. The van der Waals surface area contributed by atoms with Crippen molar-refractivity contribution in [1.82, 2.24) is 9.97 Å². The van der Waals surface area contributed by atoms with E-state index >= 15 is 0 Å². The van der Waals surface area contributed by atoms with E-state index in [1.807, 2.05) is 13.0 Å². The summed E-state index contributed by atoms with van der Waals surface area (Å²) in [6, 6.07) is 1.89. The maximum Gasteiger partial charge on any atom is 0.223 e. The molecule has 0 aliphatic rings. The van der Waals surface area contributed by atoms with Crippen LogP contribution in [0.4, 0.5) is 5.95 Å². The monoisotopic (exact) mass is 179 g/mol. The van der Waals surface area contributed by atoms with Crippen molar-refractivity contribution in [3.05, 3.63) is 18.0 Å². The third-order valence-corrected chi connectivity index (χ3v) is 2.13. The van der Waals surface area contributed by atoms with E-state index in [1.54, 1.807) is 6.20 Å².